The minimum Gasteiger partial charge on any atom is -0.366 e. The van der Waals surface area contributed by atoms with Crippen LogP contribution in [0.5, 0.6) is 0 Å². The van der Waals surface area contributed by atoms with E-state index in [0.29, 0.717) is 12.1 Å². The Bertz CT molecular complexity index is 558. The van der Waals surface area contributed by atoms with Gasteiger partial charge in [-0.25, -0.2) is 4.99 Å². The molecular formula is C15H16ClF3N2O. The lowest BCUT2D eigenvalue weighted by Crippen LogP contribution is -2.33. The molecule has 0 saturated heterocycles. The van der Waals surface area contributed by atoms with Crippen molar-refractivity contribution in [2.75, 3.05) is 20.3 Å². The van der Waals surface area contributed by atoms with E-state index in [1.54, 1.807) is 18.0 Å². The molecule has 0 bridgehead atoms. The van der Waals surface area contributed by atoms with Crippen molar-refractivity contribution in [3.05, 3.63) is 47.7 Å². The number of alkyl halides is 4. The first-order valence-electron chi connectivity index (χ1n) is 6.68. The van der Waals surface area contributed by atoms with E-state index in [1.165, 1.54) is 0 Å². The van der Waals surface area contributed by atoms with E-state index in [0.717, 1.165) is 11.3 Å². The number of ether oxygens (including phenoxy) is 1. The highest BCUT2D eigenvalue weighted by atomic mass is 35.5. The fraction of sp³-hybridized carbons (Fsp3) is 0.400. The van der Waals surface area contributed by atoms with E-state index >= 15 is 0 Å². The van der Waals surface area contributed by atoms with E-state index in [4.69, 9.17) is 16.3 Å². The molecule has 1 aliphatic heterocycles. The Hall–Kier alpha value is -1.53. The molecule has 1 unspecified atom stereocenters. The lowest BCUT2D eigenvalue weighted by Gasteiger charge is -2.29. The molecule has 0 spiro atoms. The summed E-state index contributed by atoms with van der Waals surface area (Å²) < 4.78 is 41.1. The van der Waals surface area contributed by atoms with Gasteiger partial charge in [-0.1, -0.05) is 41.9 Å². The fourth-order valence-corrected chi connectivity index (χ4v) is 2.26. The van der Waals surface area contributed by atoms with Crippen LogP contribution in [-0.4, -0.2) is 42.7 Å². The van der Waals surface area contributed by atoms with Gasteiger partial charge in [0.2, 0.25) is 0 Å². The number of aliphatic imine (C=N–C) groups is 1. The molecule has 2 rings (SSSR count). The van der Waals surface area contributed by atoms with Crippen molar-refractivity contribution in [2.24, 2.45) is 4.99 Å². The SMILES string of the molecule is CN1C(COCC(F)(F)F)=CC(Cc2ccccc2)=NC1Cl. The lowest BCUT2D eigenvalue weighted by atomic mass is 10.1. The van der Waals surface area contributed by atoms with Crippen molar-refractivity contribution in [1.29, 1.82) is 0 Å². The summed E-state index contributed by atoms with van der Waals surface area (Å²) in [5.41, 5.74) is 1.70. The molecule has 1 atom stereocenters. The van der Waals surface area contributed by atoms with Crippen LogP contribution in [0, 0.1) is 0 Å². The minimum atomic E-state index is -4.34. The minimum absolute atomic E-state index is 0.160. The summed E-state index contributed by atoms with van der Waals surface area (Å²) >= 11 is 6.11. The maximum absolute atomic E-state index is 12.1. The summed E-state index contributed by atoms with van der Waals surface area (Å²) in [6.07, 6.45) is -2.04. The van der Waals surface area contributed by atoms with Crippen molar-refractivity contribution in [2.45, 2.75) is 18.2 Å². The molecule has 0 N–H and O–H groups in total. The van der Waals surface area contributed by atoms with Crippen molar-refractivity contribution in [3.8, 4) is 0 Å². The number of benzene rings is 1. The Morgan fingerprint density at radius 1 is 1.27 bits per heavy atom. The van der Waals surface area contributed by atoms with Crippen LogP contribution < -0.4 is 0 Å². The molecule has 1 aliphatic rings. The molecule has 22 heavy (non-hydrogen) atoms. The summed E-state index contributed by atoms with van der Waals surface area (Å²) in [4.78, 5) is 5.91. The molecule has 1 heterocycles. The number of rotatable bonds is 5. The molecule has 0 radical (unpaired) electrons. The topological polar surface area (TPSA) is 24.8 Å². The molecule has 1 aromatic rings. The van der Waals surface area contributed by atoms with Crippen LogP contribution in [0.2, 0.25) is 0 Å². The van der Waals surface area contributed by atoms with E-state index < -0.39 is 18.4 Å². The second-order valence-electron chi connectivity index (χ2n) is 4.95. The summed E-state index contributed by atoms with van der Waals surface area (Å²) in [6, 6.07) is 9.66. The number of allylic oxidation sites excluding steroid dienone is 1. The van der Waals surface area contributed by atoms with Gasteiger partial charge in [0.15, 0.2) is 5.62 Å². The highest BCUT2D eigenvalue weighted by molar-refractivity contribution is 6.21. The Morgan fingerprint density at radius 2 is 1.95 bits per heavy atom. The standard InChI is InChI=1S/C15H16ClF3N2O/c1-21-13(9-22-10-15(17,18)19)8-12(20-14(21)16)7-11-5-3-2-4-6-11/h2-6,8,14H,7,9-10H2,1H3. The third-order valence-electron chi connectivity index (χ3n) is 3.12. The summed E-state index contributed by atoms with van der Waals surface area (Å²) in [6.45, 7) is -1.44. The highest BCUT2D eigenvalue weighted by Crippen LogP contribution is 2.21. The molecule has 120 valence electrons. The Labute approximate surface area is 132 Å². The lowest BCUT2D eigenvalue weighted by molar-refractivity contribution is -0.172. The third-order valence-corrected chi connectivity index (χ3v) is 3.51. The van der Waals surface area contributed by atoms with Crippen LogP contribution in [0.1, 0.15) is 5.56 Å². The van der Waals surface area contributed by atoms with Crippen LogP contribution in [0.15, 0.2) is 47.1 Å². The molecule has 0 aliphatic carbocycles. The molecule has 0 saturated carbocycles. The predicted octanol–water partition coefficient (Wildman–Crippen LogP) is 3.60. The zero-order chi connectivity index (χ0) is 16.2. The molecular weight excluding hydrogens is 317 g/mol. The van der Waals surface area contributed by atoms with Gasteiger partial charge >= 0.3 is 6.18 Å². The van der Waals surface area contributed by atoms with E-state index in [1.807, 2.05) is 30.3 Å². The predicted molar refractivity (Wildman–Crippen MR) is 79.9 cm³/mol. The summed E-state index contributed by atoms with van der Waals surface area (Å²) in [5, 5.41) is 0. The van der Waals surface area contributed by atoms with Gasteiger partial charge in [-0.05, 0) is 11.6 Å². The monoisotopic (exact) mass is 332 g/mol. The van der Waals surface area contributed by atoms with Crippen LogP contribution in [-0.2, 0) is 11.2 Å². The van der Waals surface area contributed by atoms with E-state index in [9.17, 15) is 13.2 Å². The van der Waals surface area contributed by atoms with Gasteiger partial charge in [0.25, 0.3) is 0 Å². The summed E-state index contributed by atoms with van der Waals surface area (Å²) in [5.74, 6) is 0. The second-order valence-corrected chi connectivity index (χ2v) is 5.34. The number of hydrogen-bond acceptors (Lipinski definition) is 3. The van der Waals surface area contributed by atoms with Crippen molar-refractivity contribution < 1.29 is 17.9 Å². The van der Waals surface area contributed by atoms with Gasteiger partial charge in [-0.15, -0.1) is 0 Å². The normalized spacial score (nSPS) is 19.0. The largest absolute Gasteiger partial charge is 0.411 e. The number of likely N-dealkylation sites (N-methyl/N-ethyl adjacent to an activating group) is 1. The average Bonchev–Trinajstić information content (AvgIpc) is 2.44. The highest BCUT2D eigenvalue weighted by Gasteiger charge is 2.28. The number of hydrogen-bond donors (Lipinski definition) is 0. The van der Waals surface area contributed by atoms with Gasteiger partial charge in [0.1, 0.15) is 6.61 Å². The van der Waals surface area contributed by atoms with Crippen LogP contribution in [0.3, 0.4) is 0 Å². The average molecular weight is 333 g/mol. The van der Waals surface area contributed by atoms with Gasteiger partial charge < -0.3 is 9.64 Å². The second kappa shape index (κ2) is 7.15. The molecule has 0 amide bonds. The van der Waals surface area contributed by atoms with Gasteiger partial charge in [0, 0.05) is 24.9 Å². The van der Waals surface area contributed by atoms with Gasteiger partial charge in [-0.2, -0.15) is 13.2 Å². The zero-order valence-electron chi connectivity index (χ0n) is 12.0. The zero-order valence-corrected chi connectivity index (χ0v) is 12.7. The van der Waals surface area contributed by atoms with Crippen molar-refractivity contribution >= 4 is 17.3 Å². The first kappa shape index (κ1) is 16.8. The van der Waals surface area contributed by atoms with Crippen molar-refractivity contribution in [3.63, 3.8) is 0 Å². The van der Waals surface area contributed by atoms with Crippen molar-refractivity contribution in [1.82, 2.24) is 4.90 Å². The first-order valence-corrected chi connectivity index (χ1v) is 7.11. The van der Waals surface area contributed by atoms with Crippen LogP contribution >= 0.6 is 11.6 Å². The quantitative estimate of drug-likeness (QED) is 0.608. The first-order chi connectivity index (χ1) is 10.3. The van der Waals surface area contributed by atoms with Crippen LogP contribution in [0.4, 0.5) is 13.2 Å². The van der Waals surface area contributed by atoms with Gasteiger partial charge in [0.05, 0.1) is 6.61 Å². The Kier molecular flexibility index (Phi) is 5.47. The maximum Gasteiger partial charge on any atom is 0.411 e. The Morgan fingerprint density at radius 3 is 2.59 bits per heavy atom. The molecule has 7 heteroatoms. The van der Waals surface area contributed by atoms with Gasteiger partial charge in [-0.3, -0.25) is 0 Å². The van der Waals surface area contributed by atoms with Crippen LogP contribution in [0.25, 0.3) is 0 Å². The maximum atomic E-state index is 12.1. The van der Waals surface area contributed by atoms with E-state index in [-0.39, 0.29) is 6.61 Å². The molecule has 0 aromatic heterocycles. The smallest absolute Gasteiger partial charge is 0.366 e. The molecule has 1 aromatic carbocycles. The number of nitrogens with zero attached hydrogens (tertiary/aromatic N) is 2. The Balaban J connectivity index is 2.03. The number of halogens is 4. The van der Waals surface area contributed by atoms with E-state index in [2.05, 4.69) is 4.99 Å². The third kappa shape index (κ3) is 5.03. The molecule has 0 fully saturated rings. The fourth-order valence-electron chi connectivity index (χ4n) is 2.01. The summed E-state index contributed by atoms with van der Waals surface area (Å²) in [7, 11) is 1.67. The molecule has 3 nitrogen and oxygen atoms in total.